The number of hydrogen-bond acceptors (Lipinski definition) is 3. The zero-order chi connectivity index (χ0) is 16.2. The third-order valence-electron chi connectivity index (χ3n) is 5.11. The van der Waals surface area contributed by atoms with E-state index >= 15 is 0 Å². The van der Waals surface area contributed by atoms with Gasteiger partial charge in [-0.15, -0.1) is 0 Å². The van der Waals surface area contributed by atoms with Gasteiger partial charge in [0, 0.05) is 45.8 Å². The topological polar surface area (TPSA) is 9.72 Å². The van der Waals surface area contributed by atoms with Crippen molar-refractivity contribution in [1.82, 2.24) is 14.7 Å². The van der Waals surface area contributed by atoms with Crippen molar-refractivity contribution in [3.63, 3.8) is 0 Å². The van der Waals surface area contributed by atoms with Crippen LogP contribution < -0.4 is 0 Å². The lowest BCUT2D eigenvalue weighted by Crippen LogP contribution is -2.48. The first-order chi connectivity index (χ1) is 11.1. The minimum atomic E-state index is -0.310. The predicted octanol–water partition coefficient (Wildman–Crippen LogP) is 2.94. The maximum atomic E-state index is 13.6. The Bertz CT molecular complexity index is 517. The Labute approximate surface area is 144 Å². The number of nitrogens with zero attached hydrogens (tertiary/aromatic N) is 3. The molecule has 0 saturated carbocycles. The van der Waals surface area contributed by atoms with Crippen molar-refractivity contribution < 1.29 is 4.39 Å². The van der Waals surface area contributed by atoms with E-state index in [9.17, 15) is 4.39 Å². The van der Waals surface area contributed by atoms with Gasteiger partial charge in [0.05, 0.1) is 5.02 Å². The third-order valence-corrected chi connectivity index (χ3v) is 5.41. The minimum Gasteiger partial charge on any atom is -0.304 e. The molecular weight excluding hydrogens is 313 g/mol. The lowest BCUT2D eigenvalue weighted by Gasteiger charge is -2.38. The molecule has 3 nitrogen and oxygen atoms in total. The summed E-state index contributed by atoms with van der Waals surface area (Å²) in [5, 5.41) is 0.209. The van der Waals surface area contributed by atoms with E-state index in [0.29, 0.717) is 0 Å². The summed E-state index contributed by atoms with van der Waals surface area (Å²) in [6, 6.07) is 5.18. The number of piperidine rings is 1. The lowest BCUT2D eigenvalue weighted by molar-refractivity contribution is 0.0966. The van der Waals surface area contributed by atoms with Gasteiger partial charge in [0.1, 0.15) is 5.82 Å². The van der Waals surface area contributed by atoms with Gasteiger partial charge in [0.2, 0.25) is 0 Å². The molecule has 0 aromatic heterocycles. The van der Waals surface area contributed by atoms with E-state index in [1.165, 1.54) is 45.6 Å². The first kappa shape index (κ1) is 17.2. The second-order valence-electron chi connectivity index (χ2n) is 7.10. The van der Waals surface area contributed by atoms with Crippen LogP contribution in [0.5, 0.6) is 0 Å². The molecule has 2 aliphatic heterocycles. The maximum Gasteiger partial charge on any atom is 0.142 e. The van der Waals surface area contributed by atoms with Gasteiger partial charge in [-0.3, -0.25) is 4.90 Å². The average Bonchev–Trinajstić information content (AvgIpc) is 2.54. The molecule has 0 amide bonds. The Morgan fingerprint density at radius 2 is 1.91 bits per heavy atom. The van der Waals surface area contributed by atoms with Crippen molar-refractivity contribution in [2.75, 3.05) is 52.9 Å². The summed E-state index contributed by atoms with van der Waals surface area (Å²) < 4.78 is 13.6. The van der Waals surface area contributed by atoms with Crippen LogP contribution in [-0.4, -0.2) is 67.6 Å². The summed E-state index contributed by atoms with van der Waals surface area (Å²) in [5.74, 6) is 0.430. The molecule has 128 valence electrons. The molecule has 0 unspecified atom stereocenters. The standard InChI is InChI=1S/C18H27ClFN3/c1-21-7-9-22(10-8-21)13-16-3-2-6-23(14-16)12-15-4-5-17(19)18(20)11-15/h4-5,11,16H,2-3,6-10,12-14H2,1H3/t16-/m0/s1. The van der Waals surface area contributed by atoms with Crippen molar-refractivity contribution >= 4 is 11.6 Å². The number of benzene rings is 1. The van der Waals surface area contributed by atoms with Crippen LogP contribution in [0.25, 0.3) is 0 Å². The Morgan fingerprint density at radius 3 is 2.65 bits per heavy atom. The normalized spacial score (nSPS) is 24.9. The molecule has 2 aliphatic rings. The predicted molar refractivity (Wildman–Crippen MR) is 93.3 cm³/mol. The summed E-state index contributed by atoms with van der Waals surface area (Å²) in [7, 11) is 2.20. The van der Waals surface area contributed by atoms with Crippen LogP contribution in [0, 0.1) is 11.7 Å². The second kappa shape index (κ2) is 7.93. The Balaban J connectivity index is 1.50. The van der Waals surface area contributed by atoms with Crippen LogP contribution in [-0.2, 0) is 6.54 Å². The molecule has 0 bridgehead atoms. The fourth-order valence-electron chi connectivity index (χ4n) is 3.74. The number of likely N-dealkylation sites (N-methyl/N-ethyl adjacent to an activating group) is 1. The highest BCUT2D eigenvalue weighted by Crippen LogP contribution is 2.22. The zero-order valence-electron chi connectivity index (χ0n) is 14.0. The first-order valence-corrected chi connectivity index (χ1v) is 9.05. The van der Waals surface area contributed by atoms with E-state index in [0.717, 1.165) is 31.1 Å². The number of piperazine rings is 1. The molecule has 1 aromatic carbocycles. The summed E-state index contributed by atoms with van der Waals surface area (Å²) >= 11 is 5.77. The van der Waals surface area contributed by atoms with Gasteiger partial charge in [0.15, 0.2) is 0 Å². The van der Waals surface area contributed by atoms with Gasteiger partial charge >= 0.3 is 0 Å². The van der Waals surface area contributed by atoms with E-state index in [2.05, 4.69) is 21.7 Å². The third kappa shape index (κ3) is 4.90. The molecule has 0 spiro atoms. The summed E-state index contributed by atoms with van der Waals surface area (Å²) in [4.78, 5) is 7.47. The molecule has 2 saturated heterocycles. The molecule has 2 fully saturated rings. The molecule has 5 heteroatoms. The molecule has 3 rings (SSSR count). The number of hydrogen-bond donors (Lipinski definition) is 0. The Hall–Kier alpha value is -0.680. The molecule has 0 N–H and O–H groups in total. The Kier molecular flexibility index (Phi) is 5.91. The van der Waals surface area contributed by atoms with Gasteiger partial charge in [-0.05, 0) is 50.0 Å². The van der Waals surface area contributed by atoms with Crippen molar-refractivity contribution in [1.29, 1.82) is 0 Å². The fraction of sp³-hybridized carbons (Fsp3) is 0.667. The number of halogens is 2. The average molecular weight is 340 g/mol. The van der Waals surface area contributed by atoms with Gasteiger partial charge in [-0.1, -0.05) is 17.7 Å². The summed E-state index contributed by atoms with van der Waals surface area (Å²) in [6.07, 6.45) is 2.56. The van der Waals surface area contributed by atoms with E-state index in [1.54, 1.807) is 12.1 Å². The van der Waals surface area contributed by atoms with Crippen molar-refractivity contribution in [3.8, 4) is 0 Å². The zero-order valence-corrected chi connectivity index (χ0v) is 14.7. The molecule has 0 radical (unpaired) electrons. The smallest absolute Gasteiger partial charge is 0.142 e. The van der Waals surface area contributed by atoms with Crippen LogP contribution in [0.3, 0.4) is 0 Å². The van der Waals surface area contributed by atoms with Crippen LogP contribution in [0.1, 0.15) is 18.4 Å². The van der Waals surface area contributed by atoms with E-state index in [1.807, 2.05) is 6.07 Å². The van der Waals surface area contributed by atoms with Gasteiger partial charge in [-0.2, -0.15) is 0 Å². The van der Waals surface area contributed by atoms with Gasteiger partial charge in [-0.25, -0.2) is 4.39 Å². The highest BCUT2D eigenvalue weighted by molar-refractivity contribution is 6.30. The highest BCUT2D eigenvalue weighted by Gasteiger charge is 2.23. The molecule has 2 heterocycles. The highest BCUT2D eigenvalue weighted by atomic mass is 35.5. The van der Waals surface area contributed by atoms with Crippen LogP contribution in [0.4, 0.5) is 4.39 Å². The number of likely N-dealkylation sites (tertiary alicyclic amines) is 1. The first-order valence-electron chi connectivity index (χ1n) is 8.67. The maximum absolute atomic E-state index is 13.6. The number of rotatable bonds is 4. The van der Waals surface area contributed by atoms with Crippen LogP contribution >= 0.6 is 11.6 Å². The summed E-state index contributed by atoms with van der Waals surface area (Å²) in [6.45, 7) is 9.01. The van der Waals surface area contributed by atoms with Crippen molar-refractivity contribution in [2.45, 2.75) is 19.4 Å². The van der Waals surface area contributed by atoms with E-state index in [4.69, 9.17) is 11.6 Å². The van der Waals surface area contributed by atoms with Crippen molar-refractivity contribution in [3.05, 3.63) is 34.6 Å². The summed E-state index contributed by atoms with van der Waals surface area (Å²) in [5.41, 5.74) is 1.02. The monoisotopic (exact) mass is 339 g/mol. The van der Waals surface area contributed by atoms with E-state index < -0.39 is 0 Å². The van der Waals surface area contributed by atoms with Crippen molar-refractivity contribution in [2.24, 2.45) is 5.92 Å². The van der Waals surface area contributed by atoms with Crippen LogP contribution in [0.15, 0.2) is 18.2 Å². The molecule has 23 heavy (non-hydrogen) atoms. The molecule has 1 aromatic rings. The van der Waals surface area contributed by atoms with Crippen LogP contribution in [0.2, 0.25) is 5.02 Å². The SMILES string of the molecule is CN1CCN(C[C@@H]2CCCN(Cc3ccc(Cl)c(F)c3)C2)CC1. The quantitative estimate of drug-likeness (QED) is 0.835. The molecular formula is C18H27ClFN3. The minimum absolute atomic E-state index is 0.209. The molecule has 0 aliphatic carbocycles. The van der Waals surface area contributed by atoms with E-state index in [-0.39, 0.29) is 10.8 Å². The lowest BCUT2D eigenvalue weighted by atomic mass is 9.96. The largest absolute Gasteiger partial charge is 0.304 e. The van der Waals surface area contributed by atoms with Gasteiger partial charge in [0.25, 0.3) is 0 Å². The Morgan fingerprint density at radius 1 is 1.13 bits per heavy atom. The fourth-order valence-corrected chi connectivity index (χ4v) is 3.85. The second-order valence-corrected chi connectivity index (χ2v) is 7.50. The molecule has 1 atom stereocenters. The van der Waals surface area contributed by atoms with Gasteiger partial charge < -0.3 is 9.80 Å².